The van der Waals surface area contributed by atoms with Crippen LogP contribution in [-0.2, 0) is 12.8 Å². The Morgan fingerprint density at radius 2 is 1.22 bits per heavy atom. The first-order chi connectivity index (χ1) is 15.8. The summed E-state index contributed by atoms with van der Waals surface area (Å²) >= 11 is 0. The molecule has 5 aromatic carbocycles. The first-order valence-corrected chi connectivity index (χ1v) is 11.5. The summed E-state index contributed by atoms with van der Waals surface area (Å²) in [6.07, 6.45) is 2.25. The Bertz CT molecular complexity index is 1390. The van der Waals surface area contributed by atoms with Crippen LogP contribution in [0.3, 0.4) is 0 Å². The van der Waals surface area contributed by atoms with Gasteiger partial charge in [0.25, 0.3) is 0 Å². The van der Waals surface area contributed by atoms with Gasteiger partial charge in [-0.25, -0.2) is 0 Å². The molecule has 0 aliphatic heterocycles. The lowest BCUT2D eigenvalue weighted by molar-refractivity contribution is 0.705. The first-order valence-electron chi connectivity index (χ1n) is 11.5. The fourth-order valence-electron chi connectivity index (χ4n) is 5.43. The average Bonchev–Trinajstić information content (AvgIpc) is 3.22. The van der Waals surface area contributed by atoms with E-state index in [1.807, 2.05) is 0 Å². The minimum atomic E-state index is 0.576. The molecule has 6 rings (SSSR count). The molecule has 0 heteroatoms. The largest absolute Gasteiger partial charge is 0.0622 e. The van der Waals surface area contributed by atoms with E-state index >= 15 is 0 Å². The Kier molecular flexibility index (Phi) is 4.65. The molecule has 0 bridgehead atoms. The van der Waals surface area contributed by atoms with Gasteiger partial charge in [-0.05, 0) is 81.0 Å². The summed E-state index contributed by atoms with van der Waals surface area (Å²) in [7, 11) is 0. The maximum atomic E-state index is 2.32. The van der Waals surface area contributed by atoms with Crippen LogP contribution in [0.1, 0.15) is 28.2 Å². The van der Waals surface area contributed by atoms with Crippen molar-refractivity contribution in [3.05, 3.63) is 131 Å². The van der Waals surface area contributed by atoms with E-state index in [1.165, 1.54) is 49.7 Å². The molecular weight excluding hydrogens is 384 g/mol. The summed E-state index contributed by atoms with van der Waals surface area (Å²) in [5.41, 5.74) is 11.0. The zero-order valence-electron chi connectivity index (χ0n) is 18.4. The van der Waals surface area contributed by atoms with E-state index in [0.717, 1.165) is 12.8 Å². The van der Waals surface area contributed by atoms with Gasteiger partial charge in [0.2, 0.25) is 0 Å². The lowest BCUT2D eigenvalue weighted by atomic mass is 9.89. The zero-order chi connectivity index (χ0) is 21.5. The number of hydrogen-bond acceptors (Lipinski definition) is 0. The van der Waals surface area contributed by atoms with Gasteiger partial charge in [0.1, 0.15) is 0 Å². The van der Waals surface area contributed by atoms with Gasteiger partial charge in [-0.2, -0.15) is 0 Å². The molecule has 1 aliphatic rings. The molecule has 0 spiro atoms. The molecule has 0 saturated carbocycles. The minimum Gasteiger partial charge on any atom is -0.0622 e. The molecule has 32 heavy (non-hydrogen) atoms. The van der Waals surface area contributed by atoms with Crippen LogP contribution in [-0.4, -0.2) is 0 Å². The van der Waals surface area contributed by atoms with Crippen molar-refractivity contribution in [3.63, 3.8) is 0 Å². The molecule has 0 nitrogen and oxygen atoms in total. The van der Waals surface area contributed by atoms with E-state index in [9.17, 15) is 0 Å². The second-order valence-electron chi connectivity index (χ2n) is 9.06. The topological polar surface area (TPSA) is 0 Å². The van der Waals surface area contributed by atoms with E-state index in [-0.39, 0.29) is 0 Å². The van der Waals surface area contributed by atoms with Gasteiger partial charge in [-0.15, -0.1) is 0 Å². The van der Waals surface area contributed by atoms with Gasteiger partial charge >= 0.3 is 0 Å². The molecule has 0 radical (unpaired) electrons. The van der Waals surface area contributed by atoms with Crippen LogP contribution in [0.15, 0.2) is 109 Å². The van der Waals surface area contributed by atoms with E-state index in [2.05, 4.69) is 116 Å². The minimum absolute atomic E-state index is 0.576. The average molecular weight is 411 g/mol. The van der Waals surface area contributed by atoms with Crippen LogP contribution in [0.4, 0.5) is 0 Å². The molecule has 0 amide bonds. The van der Waals surface area contributed by atoms with Crippen molar-refractivity contribution in [2.45, 2.75) is 25.7 Å². The van der Waals surface area contributed by atoms with Gasteiger partial charge in [0.15, 0.2) is 0 Å². The second kappa shape index (κ2) is 7.80. The Labute approximate surface area is 190 Å². The summed E-state index contributed by atoms with van der Waals surface area (Å²) in [4.78, 5) is 0. The van der Waals surface area contributed by atoms with E-state index in [0.29, 0.717) is 5.92 Å². The molecule has 154 valence electrons. The highest BCUT2D eigenvalue weighted by Gasteiger charge is 2.26. The van der Waals surface area contributed by atoms with Crippen molar-refractivity contribution in [1.29, 1.82) is 0 Å². The standard InChI is InChI=1S/C32H26/c1-22-10-13-28-8-5-9-29-21-30(31(22)32(28)29)20-23-11-14-25(15-12-23)27-18-16-26(17-19-27)24-6-3-2-4-7-24/h2-19,30H,20-21H2,1H3. The smallest absolute Gasteiger partial charge is 0.00719 e. The SMILES string of the molecule is Cc1ccc2cccc3c2c1C(Cc1ccc(-c2ccc(-c4ccccc4)cc2)cc1)C3. The third-order valence-electron chi connectivity index (χ3n) is 7.03. The van der Waals surface area contributed by atoms with Crippen LogP contribution >= 0.6 is 0 Å². The highest BCUT2D eigenvalue weighted by molar-refractivity contribution is 5.92. The van der Waals surface area contributed by atoms with Gasteiger partial charge < -0.3 is 0 Å². The first kappa shape index (κ1) is 19.1. The fourth-order valence-corrected chi connectivity index (χ4v) is 5.43. The maximum absolute atomic E-state index is 2.32. The van der Waals surface area contributed by atoms with Crippen LogP contribution in [0.5, 0.6) is 0 Å². The van der Waals surface area contributed by atoms with Crippen molar-refractivity contribution in [1.82, 2.24) is 0 Å². The van der Waals surface area contributed by atoms with Crippen molar-refractivity contribution >= 4 is 10.8 Å². The molecule has 0 N–H and O–H groups in total. The third-order valence-corrected chi connectivity index (χ3v) is 7.03. The van der Waals surface area contributed by atoms with Crippen LogP contribution in [0.25, 0.3) is 33.0 Å². The molecule has 1 aliphatic carbocycles. The Morgan fingerprint density at radius 3 is 1.91 bits per heavy atom. The molecule has 0 saturated heterocycles. The normalized spacial score (nSPS) is 14.7. The summed E-state index contributed by atoms with van der Waals surface area (Å²) in [5, 5.41) is 2.90. The quantitative estimate of drug-likeness (QED) is 0.279. The Balaban J connectivity index is 1.23. The molecule has 1 atom stereocenters. The predicted molar refractivity (Wildman–Crippen MR) is 136 cm³/mol. The van der Waals surface area contributed by atoms with E-state index in [1.54, 1.807) is 5.56 Å². The molecule has 0 aromatic heterocycles. The second-order valence-corrected chi connectivity index (χ2v) is 9.06. The maximum Gasteiger partial charge on any atom is -0.00719 e. The molecule has 0 fully saturated rings. The lowest BCUT2D eigenvalue weighted by Gasteiger charge is -2.15. The summed E-state index contributed by atoms with van der Waals surface area (Å²) in [6, 6.07) is 40.0. The highest BCUT2D eigenvalue weighted by Crippen LogP contribution is 2.42. The van der Waals surface area contributed by atoms with Crippen molar-refractivity contribution < 1.29 is 0 Å². The highest BCUT2D eigenvalue weighted by atomic mass is 14.3. The number of hydrogen-bond donors (Lipinski definition) is 0. The van der Waals surface area contributed by atoms with Crippen molar-refractivity contribution in [3.8, 4) is 22.3 Å². The van der Waals surface area contributed by atoms with Gasteiger partial charge in [0, 0.05) is 0 Å². The molecule has 0 heterocycles. The zero-order valence-corrected chi connectivity index (χ0v) is 18.4. The third kappa shape index (κ3) is 3.33. The van der Waals surface area contributed by atoms with E-state index < -0.39 is 0 Å². The van der Waals surface area contributed by atoms with Gasteiger partial charge in [0.05, 0.1) is 0 Å². The van der Waals surface area contributed by atoms with Crippen molar-refractivity contribution in [2.75, 3.05) is 0 Å². The summed E-state index contributed by atoms with van der Waals surface area (Å²) < 4.78 is 0. The van der Waals surface area contributed by atoms with Crippen molar-refractivity contribution in [2.24, 2.45) is 0 Å². The Morgan fingerprint density at radius 1 is 0.594 bits per heavy atom. The lowest BCUT2D eigenvalue weighted by Crippen LogP contribution is -2.03. The number of rotatable bonds is 4. The molecule has 5 aromatic rings. The molecular formula is C32H26. The van der Waals surface area contributed by atoms with Crippen LogP contribution in [0.2, 0.25) is 0 Å². The number of aryl methyl sites for hydroxylation is 1. The van der Waals surface area contributed by atoms with Gasteiger partial charge in [-0.1, -0.05) is 109 Å². The van der Waals surface area contributed by atoms with Crippen LogP contribution < -0.4 is 0 Å². The summed E-state index contributed by atoms with van der Waals surface area (Å²) in [6.45, 7) is 2.27. The molecule has 1 unspecified atom stereocenters. The predicted octanol–water partition coefficient (Wildman–Crippen LogP) is 8.36. The Hall–Kier alpha value is -3.64. The number of benzene rings is 5. The van der Waals surface area contributed by atoms with E-state index in [4.69, 9.17) is 0 Å². The monoisotopic (exact) mass is 410 g/mol. The van der Waals surface area contributed by atoms with Gasteiger partial charge in [-0.3, -0.25) is 0 Å². The summed E-state index contributed by atoms with van der Waals surface area (Å²) in [5.74, 6) is 0.576. The fraction of sp³-hybridized carbons (Fsp3) is 0.125. The van der Waals surface area contributed by atoms with Crippen LogP contribution in [0, 0.1) is 6.92 Å².